The molecule has 0 spiro atoms. The van der Waals surface area contributed by atoms with E-state index in [1.165, 1.54) is 109 Å². The van der Waals surface area contributed by atoms with E-state index in [1.807, 2.05) is 0 Å². The first-order valence-electron chi connectivity index (χ1n) is 21.3. The van der Waals surface area contributed by atoms with Crippen molar-refractivity contribution < 1.29 is 33.3 Å². The third-order valence-corrected chi connectivity index (χ3v) is 9.19. The van der Waals surface area contributed by atoms with Gasteiger partial charge in [0.2, 0.25) is 0 Å². The van der Waals surface area contributed by atoms with E-state index >= 15 is 0 Å². The van der Waals surface area contributed by atoms with E-state index in [9.17, 15) is 9.59 Å². The maximum absolute atomic E-state index is 12.6. The van der Waals surface area contributed by atoms with Gasteiger partial charge in [0.25, 0.3) is 0 Å². The molecule has 0 saturated carbocycles. The first kappa shape index (κ1) is 48.6. The van der Waals surface area contributed by atoms with Crippen LogP contribution in [0, 0.1) is 5.92 Å². The van der Waals surface area contributed by atoms with E-state index in [0.29, 0.717) is 32.7 Å². The van der Waals surface area contributed by atoms with Crippen molar-refractivity contribution in [2.75, 3.05) is 40.1 Å². The highest BCUT2D eigenvalue weighted by Gasteiger charge is 2.17. The Balaban J connectivity index is 4.18. The Hall–Kier alpha value is -1.44. The molecule has 296 valence electrons. The van der Waals surface area contributed by atoms with E-state index < -0.39 is 0 Å². The lowest BCUT2D eigenvalue weighted by Gasteiger charge is -2.19. The van der Waals surface area contributed by atoms with Gasteiger partial charge < -0.3 is 23.7 Å². The number of rotatable bonds is 40. The van der Waals surface area contributed by atoms with Crippen molar-refractivity contribution in [3.05, 3.63) is 12.2 Å². The van der Waals surface area contributed by atoms with Crippen LogP contribution >= 0.6 is 0 Å². The summed E-state index contributed by atoms with van der Waals surface area (Å²) in [4.78, 5) is 25.0. The highest BCUT2D eigenvalue weighted by Crippen LogP contribution is 2.14. The van der Waals surface area contributed by atoms with Crippen LogP contribution in [-0.4, -0.2) is 58.4 Å². The molecule has 0 aliphatic heterocycles. The fourth-order valence-electron chi connectivity index (χ4n) is 5.93. The van der Waals surface area contributed by atoms with Crippen molar-refractivity contribution in [2.24, 2.45) is 5.92 Å². The minimum Gasteiger partial charge on any atom is -0.465 e. The zero-order valence-corrected chi connectivity index (χ0v) is 33.5. The Morgan fingerprint density at radius 3 is 1.34 bits per heavy atom. The monoisotopic (exact) mass is 711 g/mol. The Bertz CT molecular complexity index is 723. The fourth-order valence-corrected chi connectivity index (χ4v) is 5.93. The van der Waals surface area contributed by atoms with Crippen LogP contribution in [0.1, 0.15) is 201 Å². The van der Waals surface area contributed by atoms with Gasteiger partial charge in [-0.1, -0.05) is 148 Å². The van der Waals surface area contributed by atoms with Gasteiger partial charge in [-0.25, -0.2) is 0 Å². The van der Waals surface area contributed by atoms with Gasteiger partial charge in [-0.15, -0.1) is 0 Å². The topological polar surface area (TPSA) is 80.3 Å². The van der Waals surface area contributed by atoms with Crippen molar-refractivity contribution in [3.8, 4) is 0 Å². The van der Waals surface area contributed by atoms with Crippen LogP contribution in [0.15, 0.2) is 12.2 Å². The molecular weight excluding hydrogens is 628 g/mol. The van der Waals surface area contributed by atoms with Gasteiger partial charge in [-0.05, 0) is 44.9 Å². The molecule has 0 rings (SSSR count). The molecule has 0 heterocycles. The third kappa shape index (κ3) is 36.4. The predicted octanol–water partition coefficient (Wildman–Crippen LogP) is 12.2. The lowest BCUT2D eigenvalue weighted by molar-refractivity contribution is -0.161. The summed E-state index contributed by atoms with van der Waals surface area (Å²) in [7, 11) is 1.61. The van der Waals surface area contributed by atoms with Crippen molar-refractivity contribution in [1.29, 1.82) is 0 Å². The molecule has 0 aromatic carbocycles. The molecule has 50 heavy (non-hydrogen) atoms. The van der Waals surface area contributed by atoms with Gasteiger partial charge in [-0.2, -0.15) is 0 Å². The van der Waals surface area contributed by atoms with Gasteiger partial charge in [-0.3, -0.25) is 9.59 Å². The maximum Gasteiger partial charge on any atom is 0.305 e. The number of carbonyl (C=O) groups excluding carboxylic acids is 2. The lowest BCUT2D eigenvalue weighted by atomic mass is 10.1. The minimum atomic E-state index is -0.388. The molecule has 1 unspecified atom stereocenters. The van der Waals surface area contributed by atoms with Crippen molar-refractivity contribution in [2.45, 2.75) is 207 Å². The molecule has 7 heteroatoms. The highest BCUT2D eigenvalue weighted by molar-refractivity contribution is 5.69. The summed E-state index contributed by atoms with van der Waals surface area (Å²) >= 11 is 0. The number of ether oxygens (including phenoxy) is 5. The molecule has 0 saturated heterocycles. The summed E-state index contributed by atoms with van der Waals surface area (Å²) in [5, 5.41) is 0. The Labute approximate surface area is 309 Å². The smallest absolute Gasteiger partial charge is 0.305 e. The van der Waals surface area contributed by atoms with Crippen LogP contribution in [0.4, 0.5) is 0 Å². The van der Waals surface area contributed by atoms with E-state index in [2.05, 4.69) is 32.9 Å². The molecule has 0 bridgehead atoms. The van der Waals surface area contributed by atoms with Crippen molar-refractivity contribution in [1.82, 2.24) is 0 Å². The quantitative estimate of drug-likeness (QED) is 0.0271. The summed E-state index contributed by atoms with van der Waals surface area (Å²) in [5.74, 6) is -0.671. The fraction of sp³-hybridized carbons (Fsp3) is 0.907. The molecule has 0 aromatic heterocycles. The van der Waals surface area contributed by atoms with E-state index in [4.69, 9.17) is 23.7 Å². The first-order valence-corrected chi connectivity index (χ1v) is 21.3. The third-order valence-electron chi connectivity index (χ3n) is 9.19. The molecule has 1 atom stereocenters. The van der Waals surface area contributed by atoms with Crippen LogP contribution in [0.3, 0.4) is 0 Å². The molecular formula is C43H82O7. The second-order valence-electron chi connectivity index (χ2n) is 14.3. The summed E-state index contributed by atoms with van der Waals surface area (Å²) in [6.07, 6.45) is 35.9. The van der Waals surface area contributed by atoms with Gasteiger partial charge in [0.15, 0.2) is 6.29 Å². The Kier molecular flexibility index (Phi) is 39.2. The summed E-state index contributed by atoms with van der Waals surface area (Å²) in [5.41, 5.74) is 0. The molecule has 0 aliphatic rings. The van der Waals surface area contributed by atoms with Crippen LogP contribution in [0.25, 0.3) is 0 Å². The van der Waals surface area contributed by atoms with Crippen LogP contribution in [0.2, 0.25) is 0 Å². The summed E-state index contributed by atoms with van der Waals surface area (Å²) in [6.45, 7) is 8.74. The van der Waals surface area contributed by atoms with Gasteiger partial charge in [0.05, 0.1) is 32.2 Å². The largest absolute Gasteiger partial charge is 0.465 e. The first-order chi connectivity index (χ1) is 24.6. The number of allylic oxidation sites excluding steroid dienone is 2. The maximum atomic E-state index is 12.6. The zero-order valence-electron chi connectivity index (χ0n) is 33.5. The van der Waals surface area contributed by atoms with Crippen molar-refractivity contribution >= 4 is 11.9 Å². The van der Waals surface area contributed by atoms with E-state index in [0.717, 1.165) is 51.4 Å². The average molecular weight is 711 g/mol. The Morgan fingerprint density at radius 1 is 0.480 bits per heavy atom. The zero-order chi connectivity index (χ0) is 36.6. The van der Waals surface area contributed by atoms with Crippen LogP contribution in [0.5, 0.6) is 0 Å². The summed E-state index contributed by atoms with van der Waals surface area (Å²) < 4.78 is 28.5. The van der Waals surface area contributed by atoms with Crippen LogP contribution < -0.4 is 0 Å². The molecule has 0 N–H and O–H groups in total. The molecule has 7 nitrogen and oxygen atoms in total. The van der Waals surface area contributed by atoms with Gasteiger partial charge in [0.1, 0.15) is 0 Å². The highest BCUT2D eigenvalue weighted by atomic mass is 16.7. The molecule has 0 aliphatic carbocycles. The van der Waals surface area contributed by atoms with E-state index in [1.54, 1.807) is 7.11 Å². The molecule has 0 radical (unpaired) electrons. The number of esters is 2. The lowest BCUT2D eigenvalue weighted by Crippen LogP contribution is -2.25. The Morgan fingerprint density at radius 2 is 0.880 bits per heavy atom. The minimum absolute atomic E-state index is 0.162. The standard InChI is InChI=1S/C43H82O7/c1-5-8-11-14-17-18-19-20-21-22-23-24-25-26-29-32-41(44)49-38-40(37-46-4)39-50-42(45)33-34-43(47-35-30-27-15-12-9-6-2)48-36-31-28-16-13-10-7-3/h20-21,40,43H,5-19,22-39H2,1-4H3/b21-20-. The number of unbranched alkanes of at least 4 members (excludes halogenated alkanes) is 21. The van der Waals surface area contributed by atoms with Crippen LogP contribution in [-0.2, 0) is 33.3 Å². The number of hydrogen-bond acceptors (Lipinski definition) is 7. The number of methoxy groups -OCH3 is 1. The molecule has 0 amide bonds. The van der Waals surface area contributed by atoms with E-state index in [-0.39, 0.29) is 43.8 Å². The van der Waals surface area contributed by atoms with Gasteiger partial charge >= 0.3 is 11.9 Å². The average Bonchev–Trinajstić information content (AvgIpc) is 3.12. The van der Waals surface area contributed by atoms with Crippen molar-refractivity contribution in [3.63, 3.8) is 0 Å². The second kappa shape index (κ2) is 40.3. The number of hydrogen-bond donors (Lipinski definition) is 0. The predicted molar refractivity (Wildman–Crippen MR) is 208 cm³/mol. The second-order valence-corrected chi connectivity index (χ2v) is 14.3. The normalized spacial score (nSPS) is 12.3. The molecule has 0 fully saturated rings. The SMILES string of the molecule is CCCCCCCC/C=C\CCCCCCCC(=O)OCC(COC)COC(=O)CCC(OCCCCCCCC)OCCCCCCCC. The molecule has 0 aromatic rings. The van der Waals surface area contributed by atoms with Gasteiger partial charge in [0, 0.05) is 33.2 Å². The number of carbonyl (C=O) groups is 2. The summed E-state index contributed by atoms with van der Waals surface area (Å²) in [6, 6.07) is 0.